The van der Waals surface area contributed by atoms with Crippen molar-refractivity contribution in [2.45, 2.75) is 44.8 Å². The molecule has 72 valence electrons. The summed E-state index contributed by atoms with van der Waals surface area (Å²) in [6.07, 6.45) is 7.85. The molecule has 1 aromatic rings. The van der Waals surface area contributed by atoms with Gasteiger partial charge in [-0.1, -0.05) is 0 Å². The first-order valence-corrected chi connectivity index (χ1v) is 4.95. The maximum absolute atomic E-state index is 9.37. The largest absolute Gasteiger partial charge is 0.393 e. The first-order valence-electron chi connectivity index (χ1n) is 4.95. The molecule has 0 amide bonds. The topological polar surface area (TPSA) is 38.0 Å². The van der Waals surface area contributed by atoms with Gasteiger partial charge < -0.3 is 9.67 Å². The number of aromatic nitrogens is 2. The Labute approximate surface area is 78.4 Å². The minimum absolute atomic E-state index is 0.0694. The third-order valence-electron chi connectivity index (χ3n) is 2.92. The van der Waals surface area contributed by atoms with Crippen molar-refractivity contribution < 1.29 is 5.11 Å². The lowest BCUT2D eigenvalue weighted by atomic mass is 9.93. The predicted octanol–water partition coefficient (Wildman–Crippen LogP) is 1.67. The van der Waals surface area contributed by atoms with Crippen molar-refractivity contribution in [3.63, 3.8) is 0 Å². The van der Waals surface area contributed by atoms with E-state index in [2.05, 4.69) is 9.55 Å². The van der Waals surface area contributed by atoms with Gasteiger partial charge in [0.25, 0.3) is 0 Å². The number of nitrogens with zero attached hydrogens (tertiary/aromatic N) is 2. The molecule has 0 spiro atoms. The van der Waals surface area contributed by atoms with Crippen molar-refractivity contribution in [3.05, 3.63) is 18.2 Å². The van der Waals surface area contributed by atoms with Crippen molar-refractivity contribution in [2.24, 2.45) is 0 Å². The summed E-state index contributed by atoms with van der Waals surface area (Å²) in [7, 11) is 0. The van der Waals surface area contributed by atoms with E-state index in [0.29, 0.717) is 6.04 Å². The summed E-state index contributed by atoms with van der Waals surface area (Å²) in [5, 5.41) is 9.37. The molecular weight excluding hydrogens is 164 g/mol. The normalized spacial score (nSPS) is 29.1. The zero-order valence-corrected chi connectivity index (χ0v) is 7.98. The Hall–Kier alpha value is -0.830. The summed E-state index contributed by atoms with van der Waals surface area (Å²) < 4.78 is 2.23. The Morgan fingerprint density at radius 3 is 2.62 bits per heavy atom. The second-order valence-corrected chi connectivity index (χ2v) is 3.84. The van der Waals surface area contributed by atoms with E-state index in [1.807, 2.05) is 19.3 Å². The Balaban J connectivity index is 2.06. The zero-order valence-electron chi connectivity index (χ0n) is 7.98. The van der Waals surface area contributed by atoms with Crippen LogP contribution in [0.2, 0.25) is 0 Å². The smallest absolute Gasteiger partial charge is 0.105 e. The molecule has 0 radical (unpaired) electrons. The van der Waals surface area contributed by atoms with E-state index in [0.717, 1.165) is 31.5 Å². The summed E-state index contributed by atoms with van der Waals surface area (Å²) in [5.41, 5.74) is 0. The van der Waals surface area contributed by atoms with Gasteiger partial charge >= 0.3 is 0 Å². The first kappa shape index (κ1) is 8.75. The fraction of sp³-hybridized carbons (Fsp3) is 0.700. The molecule has 1 heterocycles. The van der Waals surface area contributed by atoms with Crippen LogP contribution >= 0.6 is 0 Å². The van der Waals surface area contributed by atoms with Gasteiger partial charge in [0, 0.05) is 18.4 Å². The lowest BCUT2D eigenvalue weighted by Gasteiger charge is -2.27. The molecule has 1 aliphatic carbocycles. The van der Waals surface area contributed by atoms with Crippen molar-refractivity contribution in [2.75, 3.05) is 0 Å². The monoisotopic (exact) mass is 180 g/mol. The highest BCUT2D eigenvalue weighted by Gasteiger charge is 2.20. The number of aliphatic hydroxyl groups excluding tert-OH is 1. The van der Waals surface area contributed by atoms with Gasteiger partial charge in [0.1, 0.15) is 5.82 Å². The highest BCUT2D eigenvalue weighted by Crippen LogP contribution is 2.28. The van der Waals surface area contributed by atoms with Crippen LogP contribution in [0.5, 0.6) is 0 Å². The molecule has 3 heteroatoms. The number of aliphatic hydroxyl groups is 1. The molecular formula is C10H16N2O. The number of hydrogen-bond donors (Lipinski definition) is 1. The standard InChI is InChI=1S/C10H16N2O/c1-8-11-6-7-12(8)9-2-4-10(13)5-3-9/h6-7,9-10,13H,2-5H2,1H3. The van der Waals surface area contributed by atoms with Crippen LogP contribution in [-0.2, 0) is 0 Å². The summed E-state index contributed by atoms with van der Waals surface area (Å²) in [6.45, 7) is 2.03. The molecule has 1 N–H and O–H groups in total. The zero-order chi connectivity index (χ0) is 9.26. The summed E-state index contributed by atoms with van der Waals surface area (Å²) in [4.78, 5) is 4.21. The van der Waals surface area contributed by atoms with E-state index in [4.69, 9.17) is 0 Å². The van der Waals surface area contributed by atoms with Crippen molar-refractivity contribution in [3.8, 4) is 0 Å². The van der Waals surface area contributed by atoms with Crippen molar-refractivity contribution >= 4 is 0 Å². The van der Waals surface area contributed by atoms with Crippen LogP contribution in [-0.4, -0.2) is 20.8 Å². The van der Waals surface area contributed by atoms with Gasteiger partial charge in [-0.15, -0.1) is 0 Å². The lowest BCUT2D eigenvalue weighted by molar-refractivity contribution is 0.110. The molecule has 0 unspecified atom stereocenters. The SMILES string of the molecule is Cc1nccn1C1CCC(O)CC1. The quantitative estimate of drug-likeness (QED) is 0.713. The Morgan fingerprint density at radius 2 is 2.08 bits per heavy atom. The number of rotatable bonds is 1. The third-order valence-corrected chi connectivity index (χ3v) is 2.92. The second kappa shape index (κ2) is 3.50. The van der Waals surface area contributed by atoms with Crippen molar-refractivity contribution in [1.29, 1.82) is 0 Å². The molecule has 3 nitrogen and oxygen atoms in total. The average molecular weight is 180 g/mol. The van der Waals surface area contributed by atoms with Gasteiger partial charge in [-0.25, -0.2) is 4.98 Å². The molecule has 0 bridgehead atoms. The number of hydrogen-bond acceptors (Lipinski definition) is 2. The predicted molar refractivity (Wildman–Crippen MR) is 50.5 cm³/mol. The lowest BCUT2D eigenvalue weighted by Crippen LogP contribution is -2.21. The summed E-state index contributed by atoms with van der Waals surface area (Å²) in [5.74, 6) is 1.08. The van der Waals surface area contributed by atoms with Gasteiger partial charge in [0.05, 0.1) is 6.10 Å². The van der Waals surface area contributed by atoms with Crippen LogP contribution in [0.3, 0.4) is 0 Å². The molecule has 1 saturated carbocycles. The van der Waals surface area contributed by atoms with Crippen molar-refractivity contribution in [1.82, 2.24) is 9.55 Å². The highest BCUT2D eigenvalue weighted by molar-refractivity contribution is 4.93. The van der Waals surface area contributed by atoms with E-state index >= 15 is 0 Å². The minimum atomic E-state index is -0.0694. The molecule has 0 aromatic carbocycles. The molecule has 1 aliphatic rings. The van der Waals surface area contributed by atoms with Crippen LogP contribution in [0.4, 0.5) is 0 Å². The highest BCUT2D eigenvalue weighted by atomic mass is 16.3. The van der Waals surface area contributed by atoms with Crippen LogP contribution in [0, 0.1) is 6.92 Å². The van der Waals surface area contributed by atoms with Crippen LogP contribution in [0.25, 0.3) is 0 Å². The Bertz CT molecular complexity index is 274. The Kier molecular flexibility index (Phi) is 2.36. The molecule has 2 rings (SSSR count). The van der Waals surface area contributed by atoms with Gasteiger partial charge in [-0.2, -0.15) is 0 Å². The van der Waals surface area contributed by atoms with Gasteiger partial charge in [-0.3, -0.25) is 0 Å². The van der Waals surface area contributed by atoms with Crippen LogP contribution in [0.15, 0.2) is 12.4 Å². The van der Waals surface area contributed by atoms with E-state index < -0.39 is 0 Å². The van der Waals surface area contributed by atoms with Crippen LogP contribution < -0.4 is 0 Å². The number of imidazole rings is 1. The van der Waals surface area contributed by atoms with Gasteiger partial charge in [0.2, 0.25) is 0 Å². The van der Waals surface area contributed by atoms with E-state index in [9.17, 15) is 5.11 Å². The number of aryl methyl sites for hydroxylation is 1. The molecule has 13 heavy (non-hydrogen) atoms. The molecule has 0 atom stereocenters. The molecule has 1 aromatic heterocycles. The first-order chi connectivity index (χ1) is 6.27. The average Bonchev–Trinajstić information content (AvgIpc) is 2.53. The fourth-order valence-electron chi connectivity index (χ4n) is 2.11. The van der Waals surface area contributed by atoms with E-state index in [-0.39, 0.29) is 6.10 Å². The maximum Gasteiger partial charge on any atom is 0.105 e. The van der Waals surface area contributed by atoms with Crippen LogP contribution in [0.1, 0.15) is 37.5 Å². The van der Waals surface area contributed by atoms with Gasteiger partial charge in [-0.05, 0) is 32.6 Å². The summed E-state index contributed by atoms with van der Waals surface area (Å²) in [6, 6.07) is 0.561. The minimum Gasteiger partial charge on any atom is -0.393 e. The second-order valence-electron chi connectivity index (χ2n) is 3.84. The molecule has 0 aliphatic heterocycles. The Morgan fingerprint density at radius 1 is 1.38 bits per heavy atom. The molecule has 1 fully saturated rings. The van der Waals surface area contributed by atoms with E-state index in [1.54, 1.807) is 0 Å². The third kappa shape index (κ3) is 1.75. The molecule has 0 saturated heterocycles. The fourth-order valence-corrected chi connectivity index (χ4v) is 2.11. The van der Waals surface area contributed by atoms with Gasteiger partial charge in [0.15, 0.2) is 0 Å². The van der Waals surface area contributed by atoms with E-state index in [1.165, 1.54) is 0 Å². The summed E-state index contributed by atoms with van der Waals surface area (Å²) >= 11 is 0. The maximum atomic E-state index is 9.37.